The van der Waals surface area contributed by atoms with Crippen molar-refractivity contribution in [2.45, 2.75) is 6.92 Å². The first-order valence-electron chi connectivity index (χ1n) is 7.18. The summed E-state index contributed by atoms with van der Waals surface area (Å²) in [6, 6.07) is 17.3. The van der Waals surface area contributed by atoms with E-state index in [1.54, 1.807) is 6.92 Å². The lowest BCUT2D eigenvalue weighted by Crippen LogP contribution is -2.11. The Morgan fingerprint density at radius 1 is 1.09 bits per heavy atom. The normalized spacial score (nSPS) is 10.6. The van der Waals surface area contributed by atoms with Gasteiger partial charge in [0.1, 0.15) is 17.9 Å². The lowest BCUT2D eigenvalue weighted by atomic mass is 10.2. The Morgan fingerprint density at radius 2 is 1.91 bits per heavy atom. The molecule has 0 radical (unpaired) electrons. The van der Waals surface area contributed by atoms with Crippen LogP contribution in [0.4, 0.5) is 5.69 Å². The average molecular weight is 295 g/mol. The van der Waals surface area contributed by atoms with Gasteiger partial charge in [0, 0.05) is 29.2 Å². The number of para-hydroxylation sites is 1. The molecule has 4 nitrogen and oxygen atoms in total. The van der Waals surface area contributed by atoms with Crippen LogP contribution in [0.3, 0.4) is 0 Å². The summed E-state index contributed by atoms with van der Waals surface area (Å²) in [4.78, 5) is 11.6. The molecule has 0 spiro atoms. The summed E-state index contributed by atoms with van der Waals surface area (Å²) in [7, 11) is 0. The van der Waals surface area contributed by atoms with Crippen LogP contribution < -0.4 is 15.7 Å². The highest BCUT2D eigenvalue weighted by Gasteiger charge is 2.02. The maximum atomic E-state index is 11.6. The first kappa shape index (κ1) is 14.2. The third-order valence-corrected chi connectivity index (χ3v) is 3.35. The molecule has 0 fully saturated rings. The molecule has 0 saturated heterocycles. The monoisotopic (exact) mass is 295 g/mol. The van der Waals surface area contributed by atoms with Crippen molar-refractivity contribution in [2.24, 2.45) is 0 Å². The number of rotatable bonds is 5. The Morgan fingerprint density at radius 3 is 2.73 bits per heavy atom. The van der Waals surface area contributed by atoms with E-state index < -0.39 is 0 Å². The number of aryl methyl sites for hydroxylation is 1. The van der Waals surface area contributed by atoms with Gasteiger partial charge >= 0.3 is 5.63 Å². The van der Waals surface area contributed by atoms with Crippen LogP contribution in [0.2, 0.25) is 0 Å². The molecule has 1 N–H and O–H groups in total. The summed E-state index contributed by atoms with van der Waals surface area (Å²) in [6.07, 6.45) is 0. The van der Waals surface area contributed by atoms with Crippen molar-refractivity contribution in [3.05, 3.63) is 70.6 Å². The summed E-state index contributed by atoms with van der Waals surface area (Å²) in [5.74, 6) is 0.851. The van der Waals surface area contributed by atoms with E-state index in [4.69, 9.17) is 9.15 Å². The highest BCUT2D eigenvalue weighted by molar-refractivity contribution is 5.80. The van der Waals surface area contributed by atoms with Crippen LogP contribution in [-0.4, -0.2) is 13.2 Å². The van der Waals surface area contributed by atoms with E-state index in [1.807, 2.05) is 54.6 Å². The van der Waals surface area contributed by atoms with Gasteiger partial charge in [-0.2, -0.15) is 0 Å². The van der Waals surface area contributed by atoms with Gasteiger partial charge < -0.3 is 14.5 Å². The van der Waals surface area contributed by atoms with Crippen LogP contribution in [0, 0.1) is 6.92 Å². The molecule has 0 aliphatic rings. The molecular formula is C18H17NO3. The van der Waals surface area contributed by atoms with E-state index in [2.05, 4.69) is 5.32 Å². The maximum absolute atomic E-state index is 11.6. The van der Waals surface area contributed by atoms with E-state index in [0.29, 0.717) is 24.3 Å². The first-order valence-corrected chi connectivity index (χ1v) is 7.18. The predicted molar refractivity (Wildman–Crippen MR) is 87.6 cm³/mol. The van der Waals surface area contributed by atoms with Crippen LogP contribution in [0.5, 0.6) is 5.75 Å². The van der Waals surface area contributed by atoms with Crippen LogP contribution >= 0.6 is 0 Å². The summed E-state index contributed by atoms with van der Waals surface area (Å²) in [6.45, 7) is 2.97. The summed E-state index contributed by atoms with van der Waals surface area (Å²) < 4.78 is 10.9. The second-order valence-electron chi connectivity index (χ2n) is 5.06. The number of benzene rings is 2. The highest BCUT2D eigenvalue weighted by Crippen LogP contribution is 2.18. The fraction of sp³-hybridized carbons (Fsp3) is 0.167. The van der Waals surface area contributed by atoms with Gasteiger partial charge in [-0.05, 0) is 37.3 Å². The van der Waals surface area contributed by atoms with Gasteiger partial charge in [-0.3, -0.25) is 0 Å². The number of hydrogen-bond acceptors (Lipinski definition) is 4. The highest BCUT2D eigenvalue weighted by atomic mass is 16.5. The molecule has 0 amide bonds. The smallest absolute Gasteiger partial charge is 0.339 e. The molecule has 22 heavy (non-hydrogen) atoms. The van der Waals surface area contributed by atoms with Gasteiger partial charge in [-0.15, -0.1) is 0 Å². The molecular weight excluding hydrogens is 278 g/mol. The van der Waals surface area contributed by atoms with Crippen LogP contribution in [-0.2, 0) is 0 Å². The zero-order valence-electron chi connectivity index (χ0n) is 12.3. The van der Waals surface area contributed by atoms with Crippen molar-refractivity contribution in [3.63, 3.8) is 0 Å². The van der Waals surface area contributed by atoms with E-state index in [0.717, 1.165) is 16.8 Å². The van der Waals surface area contributed by atoms with Gasteiger partial charge in [-0.1, -0.05) is 18.2 Å². The molecule has 0 unspecified atom stereocenters. The molecule has 3 rings (SSSR count). The zero-order valence-corrected chi connectivity index (χ0v) is 12.3. The Labute approximate surface area is 128 Å². The summed E-state index contributed by atoms with van der Waals surface area (Å²) in [5, 5.41) is 4.17. The zero-order chi connectivity index (χ0) is 15.4. The van der Waals surface area contributed by atoms with Gasteiger partial charge in [0.15, 0.2) is 0 Å². The van der Waals surface area contributed by atoms with Crippen molar-refractivity contribution in [1.29, 1.82) is 0 Å². The lowest BCUT2D eigenvalue weighted by Gasteiger charge is -2.09. The number of anilines is 1. The summed E-state index contributed by atoms with van der Waals surface area (Å²) >= 11 is 0. The SMILES string of the molecule is Cc1cc2ccc(NCCOc3ccccc3)cc2oc1=O. The second-order valence-corrected chi connectivity index (χ2v) is 5.06. The maximum Gasteiger partial charge on any atom is 0.339 e. The number of hydrogen-bond donors (Lipinski definition) is 1. The molecule has 1 heterocycles. The van der Waals surface area contributed by atoms with E-state index in [1.165, 1.54) is 0 Å². The molecule has 0 bridgehead atoms. The van der Waals surface area contributed by atoms with Gasteiger partial charge in [0.25, 0.3) is 0 Å². The van der Waals surface area contributed by atoms with E-state index in [9.17, 15) is 4.79 Å². The molecule has 0 aliphatic carbocycles. The minimum absolute atomic E-state index is 0.294. The van der Waals surface area contributed by atoms with E-state index in [-0.39, 0.29) is 5.63 Å². The lowest BCUT2D eigenvalue weighted by molar-refractivity contribution is 0.333. The standard InChI is InChI=1S/C18H17NO3/c1-13-11-14-7-8-15(12-17(14)22-18(13)20)19-9-10-21-16-5-3-2-4-6-16/h2-8,11-12,19H,9-10H2,1H3. The second kappa shape index (κ2) is 6.35. The van der Waals surface area contributed by atoms with Crippen molar-refractivity contribution < 1.29 is 9.15 Å². The molecule has 4 heteroatoms. The number of nitrogens with one attached hydrogen (secondary N) is 1. The van der Waals surface area contributed by atoms with Crippen molar-refractivity contribution in [3.8, 4) is 5.75 Å². The summed E-state index contributed by atoms with van der Waals surface area (Å²) in [5.41, 5.74) is 1.81. The third kappa shape index (κ3) is 3.28. The third-order valence-electron chi connectivity index (χ3n) is 3.35. The Kier molecular flexibility index (Phi) is 4.10. The first-order chi connectivity index (χ1) is 10.7. The Balaban J connectivity index is 1.62. The van der Waals surface area contributed by atoms with Gasteiger partial charge in [-0.25, -0.2) is 4.79 Å². The molecule has 0 saturated carbocycles. The van der Waals surface area contributed by atoms with Crippen LogP contribution in [0.1, 0.15) is 5.56 Å². The van der Waals surface area contributed by atoms with Crippen LogP contribution in [0.25, 0.3) is 11.0 Å². The van der Waals surface area contributed by atoms with Crippen molar-refractivity contribution in [1.82, 2.24) is 0 Å². The van der Waals surface area contributed by atoms with Crippen LogP contribution in [0.15, 0.2) is 63.8 Å². The van der Waals surface area contributed by atoms with Gasteiger partial charge in [0.2, 0.25) is 0 Å². The molecule has 3 aromatic rings. The predicted octanol–water partition coefficient (Wildman–Crippen LogP) is 3.59. The fourth-order valence-electron chi connectivity index (χ4n) is 2.21. The average Bonchev–Trinajstić information content (AvgIpc) is 2.54. The minimum atomic E-state index is -0.294. The Hall–Kier alpha value is -2.75. The molecule has 2 aromatic carbocycles. The molecule has 0 atom stereocenters. The number of ether oxygens (including phenoxy) is 1. The quantitative estimate of drug-likeness (QED) is 0.577. The minimum Gasteiger partial charge on any atom is -0.492 e. The number of fused-ring (bicyclic) bond motifs is 1. The molecule has 1 aromatic heterocycles. The molecule has 112 valence electrons. The van der Waals surface area contributed by atoms with Crippen molar-refractivity contribution >= 4 is 16.7 Å². The Bertz CT molecular complexity index is 825. The van der Waals surface area contributed by atoms with Crippen molar-refractivity contribution in [2.75, 3.05) is 18.5 Å². The fourth-order valence-corrected chi connectivity index (χ4v) is 2.21. The van der Waals surface area contributed by atoms with E-state index >= 15 is 0 Å². The largest absolute Gasteiger partial charge is 0.492 e. The van der Waals surface area contributed by atoms with Gasteiger partial charge in [0.05, 0.1) is 0 Å². The molecule has 0 aliphatic heterocycles. The topological polar surface area (TPSA) is 51.5 Å².